The van der Waals surface area contributed by atoms with Gasteiger partial charge in [0, 0.05) is 35.4 Å². The third kappa shape index (κ3) is 12.9. The molecular weight excluding hydrogens is 819 g/mol. The summed E-state index contributed by atoms with van der Waals surface area (Å²) in [7, 11) is 1.92. The first-order valence-electron chi connectivity index (χ1n) is 21.8. The van der Waals surface area contributed by atoms with Gasteiger partial charge >= 0.3 is 11.9 Å². The van der Waals surface area contributed by atoms with Crippen molar-refractivity contribution in [3.8, 4) is 5.75 Å². The number of amides is 1. The fraction of sp³-hybridized carbons (Fsp3) is 0.278. The van der Waals surface area contributed by atoms with Crippen LogP contribution in [0.1, 0.15) is 88.1 Å². The summed E-state index contributed by atoms with van der Waals surface area (Å²) in [6.07, 6.45) is 1.99. The molecule has 330 valence electrons. The van der Waals surface area contributed by atoms with Crippen LogP contribution >= 0.6 is 11.9 Å². The number of rotatable bonds is 16. The highest BCUT2D eigenvalue weighted by molar-refractivity contribution is 7.97. The van der Waals surface area contributed by atoms with Crippen molar-refractivity contribution in [3.63, 3.8) is 0 Å². The number of hydrogen-bond donors (Lipinski definition) is 0. The van der Waals surface area contributed by atoms with E-state index < -0.39 is 11.6 Å². The van der Waals surface area contributed by atoms with Gasteiger partial charge in [-0.3, -0.25) is 4.79 Å². The maximum Gasteiger partial charge on any atom is 0.342 e. The zero-order valence-electron chi connectivity index (χ0n) is 37.4. The summed E-state index contributed by atoms with van der Waals surface area (Å²) in [5, 5.41) is 0. The normalized spacial score (nSPS) is 13.1. The molecule has 1 saturated heterocycles. The summed E-state index contributed by atoms with van der Waals surface area (Å²) in [6.45, 7) is 10.3. The molecule has 7 rings (SSSR count). The van der Waals surface area contributed by atoms with Crippen LogP contribution in [0.15, 0.2) is 157 Å². The summed E-state index contributed by atoms with van der Waals surface area (Å²) in [5.41, 5.74) is 7.24. The Hall–Kier alpha value is -6.36. The van der Waals surface area contributed by atoms with E-state index in [9.17, 15) is 14.4 Å². The highest BCUT2D eigenvalue weighted by Crippen LogP contribution is 2.33. The summed E-state index contributed by atoms with van der Waals surface area (Å²) < 4.78 is 19.6. The molecule has 0 saturated carbocycles. The van der Waals surface area contributed by atoms with Gasteiger partial charge in [-0.25, -0.2) is 13.9 Å². The molecule has 64 heavy (non-hydrogen) atoms. The number of piperidine rings is 1. The van der Waals surface area contributed by atoms with Crippen molar-refractivity contribution in [2.45, 2.75) is 76.7 Å². The number of anilines is 2. The van der Waals surface area contributed by atoms with E-state index in [1.165, 1.54) is 23.1 Å². The second kappa shape index (κ2) is 21.3. The van der Waals surface area contributed by atoms with Crippen LogP contribution in [0.3, 0.4) is 0 Å². The number of carbonyl (C=O) groups is 3. The predicted molar refractivity (Wildman–Crippen MR) is 256 cm³/mol. The lowest BCUT2D eigenvalue weighted by atomic mass is 9.88. The van der Waals surface area contributed by atoms with E-state index in [-0.39, 0.29) is 37.2 Å². The van der Waals surface area contributed by atoms with Crippen molar-refractivity contribution in [3.05, 3.63) is 191 Å². The lowest BCUT2D eigenvalue weighted by molar-refractivity contribution is -0.118. The SMILES string of the molecule is Cc1ccc(SN(C)CC(=O)N(Cc2ccc(C3CCN(c4ccc(C(=O)OC(C)(C)C)cc4)CC3)cc2)c2ccc(C(=O)OCc3ccccc3)c(OCc3ccccc3)c2)cc1. The Morgan fingerprint density at radius 3 is 1.95 bits per heavy atom. The molecule has 1 amide bonds. The third-order valence-electron chi connectivity index (χ3n) is 11.0. The minimum atomic E-state index is -0.540. The van der Waals surface area contributed by atoms with Crippen molar-refractivity contribution in [1.82, 2.24) is 4.31 Å². The van der Waals surface area contributed by atoms with E-state index in [0.29, 0.717) is 29.5 Å². The molecule has 0 aromatic heterocycles. The minimum absolute atomic E-state index is 0.105. The standard InChI is InChI=1S/C54H57N3O6S/c1-39-16-27-48(28-17-39)64-55(5)36-51(58)57(47-26-29-49(53(60)62-38-42-14-10-7-11-15-42)50(34-47)61-37-41-12-8-6-9-13-41)35-40-18-20-43(21-19-40)44-30-32-56(33-31-44)46-24-22-45(23-25-46)52(59)63-54(2,3)4/h6-29,34,44H,30-33,35-38H2,1-5H3. The molecule has 1 aliphatic rings. The highest BCUT2D eigenvalue weighted by Gasteiger charge is 2.25. The smallest absolute Gasteiger partial charge is 0.342 e. The Kier molecular flexibility index (Phi) is 15.2. The molecule has 6 aromatic carbocycles. The number of aryl methyl sites for hydroxylation is 1. The fourth-order valence-corrected chi connectivity index (χ4v) is 8.40. The van der Waals surface area contributed by atoms with Gasteiger partial charge in [0.2, 0.25) is 5.91 Å². The molecule has 6 aromatic rings. The van der Waals surface area contributed by atoms with Crippen molar-refractivity contribution >= 4 is 41.2 Å². The van der Waals surface area contributed by atoms with E-state index in [4.69, 9.17) is 14.2 Å². The van der Waals surface area contributed by atoms with Crippen LogP contribution in [-0.4, -0.2) is 54.4 Å². The summed E-state index contributed by atoms with van der Waals surface area (Å²) >= 11 is 1.52. The van der Waals surface area contributed by atoms with Crippen molar-refractivity contribution in [2.75, 3.05) is 36.5 Å². The molecule has 0 aliphatic carbocycles. The first-order valence-corrected chi connectivity index (χ1v) is 22.6. The first-order chi connectivity index (χ1) is 30.9. The lowest BCUT2D eigenvalue weighted by Gasteiger charge is -2.34. The molecule has 0 atom stereocenters. The predicted octanol–water partition coefficient (Wildman–Crippen LogP) is 11.4. The molecule has 1 heterocycles. The third-order valence-corrected chi connectivity index (χ3v) is 12.0. The largest absolute Gasteiger partial charge is 0.488 e. The van der Waals surface area contributed by atoms with Gasteiger partial charge in [0.15, 0.2) is 0 Å². The van der Waals surface area contributed by atoms with Gasteiger partial charge in [0.05, 0.1) is 18.7 Å². The van der Waals surface area contributed by atoms with Crippen LogP contribution in [-0.2, 0) is 34.0 Å². The second-order valence-corrected chi connectivity index (χ2v) is 18.5. The molecular formula is C54H57N3O6S. The average molecular weight is 876 g/mol. The fourth-order valence-electron chi connectivity index (χ4n) is 7.61. The van der Waals surface area contributed by atoms with Crippen molar-refractivity contribution < 1.29 is 28.6 Å². The van der Waals surface area contributed by atoms with Crippen LogP contribution in [0.5, 0.6) is 5.75 Å². The number of carbonyl (C=O) groups excluding carboxylic acids is 3. The summed E-state index contributed by atoms with van der Waals surface area (Å²) in [5.74, 6) is -0.199. The highest BCUT2D eigenvalue weighted by atomic mass is 32.2. The van der Waals surface area contributed by atoms with Gasteiger partial charge in [-0.05, 0) is 136 Å². The maximum absolute atomic E-state index is 14.5. The first kappa shape index (κ1) is 45.7. The number of likely N-dealkylation sites (N-methyl/N-ethyl adjacent to an activating group) is 1. The van der Waals surface area contributed by atoms with Crippen LogP contribution < -0.4 is 14.5 Å². The van der Waals surface area contributed by atoms with Crippen LogP contribution in [0.2, 0.25) is 0 Å². The topological polar surface area (TPSA) is 88.6 Å². The summed E-state index contributed by atoms with van der Waals surface area (Å²) in [6, 6.07) is 49.1. The molecule has 9 nitrogen and oxygen atoms in total. The number of ether oxygens (including phenoxy) is 3. The number of esters is 2. The van der Waals surface area contributed by atoms with E-state index in [1.807, 2.05) is 117 Å². The van der Waals surface area contributed by atoms with Gasteiger partial charge in [0.25, 0.3) is 0 Å². The Morgan fingerprint density at radius 2 is 1.33 bits per heavy atom. The quantitative estimate of drug-likeness (QED) is 0.0696. The molecule has 1 aliphatic heterocycles. The van der Waals surface area contributed by atoms with Crippen molar-refractivity contribution in [1.29, 1.82) is 0 Å². The zero-order valence-corrected chi connectivity index (χ0v) is 38.2. The van der Waals surface area contributed by atoms with Crippen LogP contribution in [0, 0.1) is 6.92 Å². The Bertz CT molecular complexity index is 2470. The van der Waals surface area contributed by atoms with Gasteiger partial charge in [-0.15, -0.1) is 0 Å². The zero-order chi connectivity index (χ0) is 45.1. The molecule has 0 spiro atoms. The molecule has 0 radical (unpaired) electrons. The molecule has 10 heteroatoms. The van der Waals surface area contributed by atoms with Gasteiger partial charge in [-0.2, -0.15) is 0 Å². The average Bonchev–Trinajstić information content (AvgIpc) is 3.30. The molecule has 1 fully saturated rings. The van der Waals surface area contributed by atoms with Gasteiger partial charge < -0.3 is 24.0 Å². The maximum atomic E-state index is 14.5. The van der Waals surface area contributed by atoms with Crippen LogP contribution in [0.4, 0.5) is 11.4 Å². The van der Waals surface area contributed by atoms with Gasteiger partial charge in [0.1, 0.15) is 30.1 Å². The number of benzene rings is 6. The van der Waals surface area contributed by atoms with Crippen molar-refractivity contribution in [2.24, 2.45) is 0 Å². The second-order valence-electron chi connectivity index (χ2n) is 17.2. The van der Waals surface area contributed by atoms with Gasteiger partial charge in [-0.1, -0.05) is 103 Å². The molecule has 0 bridgehead atoms. The van der Waals surface area contributed by atoms with Crippen LogP contribution in [0.25, 0.3) is 0 Å². The molecule has 0 unspecified atom stereocenters. The Labute approximate surface area is 382 Å². The van der Waals surface area contributed by atoms with E-state index >= 15 is 0 Å². The Balaban J connectivity index is 1.08. The Morgan fingerprint density at radius 1 is 0.703 bits per heavy atom. The van der Waals surface area contributed by atoms with E-state index in [2.05, 4.69) is 60.4 Å². The number of hydrogen-bond acceptors (Lipinski definition) is 9. The monoisotopic (exact) mass is 875 g/mol. The van der Waals surface area contributed by atoms with E-state index in [0.717, 1.165) is 53.2 Å². The molecule has 0 N–H and O–H groups in total. The lowest BCUT2D eigenvalue weighted by Crippen LogP contribution is -2.37. The summed E-state index contributed by atoms with van der Waals surface area (Å²) in [4.78, 5) is 45.8. The van der Waals surface area contributed by atoms with E-state index in [1.54, 1.807) is 23.1 Å². The minimum Gasteiger partial charge on any atom is -0.488 e. The number of nitrogens with zero attached hydrogens (tertiary/aromatic N) is 3.